The Kier molecular flexibility index (Phi) is 3430. The average Bonchev–Trinajstić information content (AvgIpc) is 1.86. The minimum absolute atomic E-state index is 0. The molecular weight excluding hydrogens is 1350 g/mol. The van der Waals surface area contributed by atoms with Gasteiger partial charge in [-0.2, -0.15) is 0 Å². The van der Waals surface area contributed by atoms with Gasteiger partial charge in [0.1, 0.15) is 0 Å². The number of hydrogen-bond donors (Lipinski definition) is 0. The van der Waals surface area contributed by atoms with Gasteiger partial charge in [0, 0.05) is 0 Å². The van der Waals surface area contributed by atoms with Crippen molar-refractivity contribution in [2.24, 2.45) is 0 Å². The molecule has 0 atom stereocenters. The molecule has 0 aliphatic carbocycles. The van der Waals surface area contributed by atoms with E-state index in [1.165, 1.54) is 12.8 Å². The van der Waals surface area contributed by atoms with Crippen LogP contribution in [-0.4, -0.2) is 19.0 Å². The molecule has 1 rings (SSSR count). The van der Waals surface area contributed by atoms with E-state index >= 15 is 0 Å². The van der Waals surface area contributed by atoms with Crippen molar-refractivity contribution in [1.29, 1.82) is 0 Å². The van der Waals surface area contributed by atoms with E-state index in [-0.39, 0.29) is 395 Å². The van der Waals surface area contributed by atoms with Gasteiger partial charge >= 0.3 is 22.4 Å². The van der Waals surface area contributed by atoms with Crippen molar-refractivity contribution in [3.05, 3.63) is 0 Å². The molecule has 0 bridgehead atoms. The summed E-state index contributed by atoms with van der Waals surface area (Å²) in [5.41, 5.74) is 0. The summed E-state index contributed by atoms with van der Waals surface area (Å²) >= 11 is 0. The van der Waals surface area contributed by atoms with E-state index in [1.807, 2.05) is 0 Å². The molecule has 1 saturated heterocycles. The summed E-state index contributed by atoms with van der Waals surface area (Å²) in [6.45, 7) is 2.41. The van der Waals surface area contributed by atoms with Crippen LogP contribution in [0.15, 0.2) is 0 Å². The third-order valence-corrected chi connectivity index (χ3v) is 3.49. The van der Waals surface area contributed by atoms with Gasteiger partial charge in [0.05, 0.1) is 0 Å². The molecule has 1 heterocycles. The van der Waals surface area contributed by atoms with E-state index in [4.69, 9.17) is 0 Å². The van der Waals surface area contributed by atoms with Crippen molar-refractivity contribution < 1.29 is 395 Å². The fraction of sp³-hybridized carbons (Fsp3) is 1.00. The standard InChI is InChI=1S/C5H11P.Au.30ClH/c1-6-4-2-3-5-6;;;;;;;;;;;;;;;;;;;;;;;;;;;;;;;/h2-5H2,1H3;;30*1H/q;+1;;;;;;;;;;;;;;;;;;;;;;;;;;;;;;/p-30. The molecule has 1 aliphatic heterocycles. The van der Waals surface area contributed by atoms with Gasteiger partial charge in [-0.05, 0) is 31.8 Å². The van der Waals surface area contributed by atoms with E-state index in [0.717, 1.165) is 0 Å². The largest absolute Gasteiger partial charge is 1.00 e. The third-order valence-electron chi connectivity index (χ3n) is 1.33. The van der Waals surface area contributed by atoms with Crippen LogP contribution in [0, 0.1) is 0 Å². The van der Waals surface area contributed by atoms with Crippen molar-refractivity contribution in [2.45, 2.75) is 12.8 Å². The molecule has 0 saturated carbocycles. The van der Waals surface area contributed by atoms with Crippen LogP contribution < -0.4 is 372 Å². The van der Waals surface area contributed by atoms with Crippen LogP contribution in [0.1, 0.15) is 12.8 Å². The second kappa shape index (κ2) is 324. The van der Waals surface area contributed by atoms with Crippen LogP contribution in [0.5, 0.6) is 0 Å². The summed E-state index contributed by atoms with van der Waals surface area (Å²) in [5, 5.41) is 0. The van der Waals surface area contributed by atoms with Crippen LogP contribution >= 0.6 is 7.92 Å². The normalized spacial score (nSPS) is 4.14. The molecule has 0 N–H and O–H groups in total. The Morgan fingerprint density at radius 1 is 0.243 bits per heavy atom. The molecule has 0 unspecified atom stereocenters. The zero-order chi connectivity index (χ0) is 4.41. The minimum atomic E-state index is 0. The Hall–Kier alpha value is 9.87. The van der Waals surface area contributed by atoms with E-state index in [2.05, 4.69) is 6.66 Å². The van der Waals surface area contributed by atoms with Gasteiger partial charge in [-0.15, -0.1) is 7.92 Å². The molecule has 0 aromatic rings. The van der Waals surface area contributed by atoms with Gasteiger partial charge in [-0.1, -0.05) is 0 Å². The van der Waals surface area contributed by atoms with E-state index < -0.39 is 0 Å². The Morgan fingerprint density at radius 2 is 0.324 bits per heavy atom. The molecule has 286 valence electrons. The van der Waals surface area contributed by atoms with Gasteiger partial charge in [0.25, 0.3) is 0 Å². The van der Waals surface area contributed by atoms with Crippen molar-refractivity contribution in [3.8, 4) is 0 Å². The van der Waals surface area contributed by atoms with Crippen molar-refractivity contribution in [1.82, 2.24) is 0 Å². The van der Waals surface area contributed by atoms with Gasteiger partial charge in [0.15, 0.2) is 0 Å². The second-order valence-electron chi connectivity index (χ2n) is 2.01. The predicted octanol–water partition coefficient (Wildman–Crippen LogP) is -88.0. The maximum absolute atomic E-state index is 2.41. The van der Waals surface area contributed by atoms with Crippen LogP contribution in [0.25, 0.3) is 0 Å². The third kappa shape index (κ3) is 310. The molecule has 1 aliphatic rings. The second-order valence-corrected chi connectivity index (χ2v) is 4.62. The predicted molar refractivity (Wildman–Crippen MR) is 31.8 cm³/mol. The van der Waals surface area contributed by atoms with Crippen molar-refractivity contribution in [2.75, 3.05) is 19.0 Å². The molecule has 32 heteroatoms. The molecule has 0 amide bonds. The van der Waals surface area contributed by atoms with Crippen LogP contribution in [0.3, 0.4) is 0 Å². The quantitative estimate of drug-likeness (QED) is 0.168. The van der Waals surface area contributed by atoms with Gasteiger partial charge in [-0.25, -0.2) is 0 Å². The SMILES string of the molecule is CP1CCCC1.[Au+].[Cl-].[Cl-].[Cl-].[Cl-].[Cl-].[Cl-].[Cl-].[Cl-].[Cl-].[Cl-].[Cl-].[Cl-].[Cl-].[Cl-].[Cl-].[Cl-].[Cl-].[Cl-].[Cl-].[Cl-].[Cl-].[Cl-].[Cl-].[Cl-].[Cl-].[Cl-].[Cl-].[Cl-].[Cl-].[Cl-]. The van der Waals surface area contributed by atoms with Gasteiger partial charge in [0.2, 0.25) is 0 Å². The fourth-order valence-electron chi connectivity index (χ4n) is 0.875. The summed E-state index contributed by atoms with van der Waals surface area (Å²) in [5.74, 6) is 0. The number of halogens is 30. The summed E-state index contributed by atoms with van der Waals surface area (Å²) < 4.78 is 0. The summed E-state index contributed by atoms with van der Waals surface area (Å²) in [4.78, 5) is 0. The Bertz CT molecular complexity index is 67.2. The maximum atomic E-state index is 2.41. The van der Waals surface area contributed by atoms with Gasteiger partial charge in [-0.3, -0.25) is 0 Å². The molecule has 0 nitrogen and oxygen atoms in total. The van der Waals surface area contributed by atoms with E-state index in [9.17, 15) is 0 Å². The first-order valence-electron chi connectivity index (χ1n) is 2.58. The molecular formula is C5H11AuCl30P-29. The Morgan fingerprint density at radius 3 is 0.351 bits per heavy atom. The summed E-state index contributed by atoms with van der Waals surface area (Å²) in [6.07, 6.45) is 6.13. The minimum Gasteiger partial charge on any atom is -1.00 e. The smallest absolute Gasteiger partial charge is 1.00 e. The maximum Gasteiger partial charge on any atom is 1.00 e. The first-order valence-corrected chi connectivity index (χ1v) is 4.74. The van der Waals surface area contributed by atoms with Crippen molar-refractivity contribution >= 4 is 7.92 Å². The molecule has 0 aromatic carbocycles. The monoisotopic (exact) mass is 1350 g/mol. The van der Waals surface area contributed by atoms with Crippen LogP contribution in [0.2, 0.25) is 0 Å². The Balaban J connectivity index is -0.000000000400. The molecule has 0 aromatic heterocycles. The van der Waals surface area contributed by atoms with Crippen molar-refractivity contribution in [3.63, 3.8) is 0 Å². The van der Waals surface area contributed by atoms with E-state index in [0.29, 0.717) is 7.92 Å². The summed E-state index contributed by atoms with van der Waals surface area (Å²) in [7, 11) is 0.535. The number of hydrogen-bond acceptors (Lipinski definition) is 0. The Labute approximate surface area is 427 Å². The van der Waals surface area contributed by atoms with Gasteiger partial charge < -0.3 is 372 Å². The van der Waals surface area contributed by atoms with Crippen LogP contribution in [0.4, 0.5) is 0 Å². The molecule has 37 heavy (non-hydrogen) atoms. The first-order chi connectivity index (χ1) is 2.89. The van der Waals surface area contributed by atoms with E-state index in [1.54, 1.807) is 12.3 Å². The molecule has 0 spiro atoms. The summed E-state index contributed by atoms with van der Waals surface area (Å²) in [6, 6.07) is 0. The zero-order valence-corrected chi connectivity index (χ0v) is 41.7. The number of rotatable bonds is 0. The zero-order valence-electron chi connectivity index (χ0n) is 15.9. The topological polar surface area (TPSA) is 0 Å². The average molecular weight is 1360 g/mol. The first kappa shape index (κ1) is 392. The van der Waals surface area contributed by atoms with Crippen LogP contribution in [-0.2, 0) is 22.4 Å². The molecule has 1 fully saturated rings. The molecule has 0 radical (unpaired) electrons. The fourth-order valence-corrected chi connectivity index (χ4v) is 2.63.